The van der Waals surface area contributed by atoms with Crippen molar-refractivity contribution in [3.63, 3.8) is 0 Å². The van der Waals surface area contributed by atoms with E-state index in [-0.39, 0.29) is 22.3 Å². The number of fused-ring (bicyclic) bond motifs is 1. The van der Waals surface area contributed by atoms with Crippen molar-refractivity contribution in [3.05, 3.63) is 70.7 Å². The highest BCUT2D eigenvalue weighted by Crippen LogP contribution is 2.31. The molecule has 0 aliphatic carbocycles. The molecule has 0 saturated carbocycles. The number of aromatic nitrogens is 1. The summed E-state index contributed by atoms with van der Waals surface area (Å²) in [6.07, 6.45) is 3.27. The summed E-state index contributed by atoms with van der Waals surface area (Å²) in [4.78, 5) is 4.34. The highest BCUT2D eigenvalue weighted by molar-refractivity contribution is 5.97. The minimum Gasteiger partial charge on any atom is -0.769 e. The second kappa shape index (κ2) is 7.33. The van der Waals surface area contributed by atoms with E-state index in [0.29, 0.717) is 0 Å². The molecule has 2 aromatic carbocycles. The molecule has 9 nitrogen and oxygen atoms in total. The van der Waals surface area contributed by atoms with Gasteiger partial charge in [-0.3, -0.25) is 20.4 Å². The van der Waals surface area contributed by atoms with Crippen LogP contribution in [0.25, 0.3) is 10.9 Å². The number of para-hydroxylation sites is 1. The van der Waals surface area contributed by atoms with Crippen molar-refractivity contribution in [2.75, 3.05) is 22.5 Å². The van der Waals surface area contributed by atoms with Gasteiger partial charge in [0.25, 0.3) is 0 Å². The second-order valence-electron chi connectivity index (χ2n) is 5.41. The lowest BCUT2D eigenvalue weighted by molar-refractivity contribution is 0.0294. The van der Waals surface area contributed by atoms with Gasteiger partial charge in [-0.05, 0) is 24.3 Å². The second-order valence-corrected chi connectivity index (χ2v) is 5.41. The van der Waals surface area contributed by atoms with E-state index in [0.717, 1.165) is 22.5 Å². The van der Waals surface area contributed by atoms with Crippen LogP contribution in [-0.2, 0) is 0 Å². The third-order valence-electron chi connectivity index (χ3n) is 3.77. The molecular weight excluding hydrogens is 338 g/mol. The van der Waals surface area contributed by atoms with Crippen LogP contribution < -0.4 is 15.5 Å². The van der Waals surface area contributed by atoms with Crippen molar-refractivity contribution in [1.29, 1.82) is 0 Å². The van der Waals surface area contributed by atoms with Crippen molar-refractivity contribution < 1.29 is 10.4 Å². The molecule has 0 amide bonds. The SMILES string of the molecule is CN(/N=C/c1cccc2cccnc12)c1ccc(N([O-])[O-])cc1N(O)O. The zero-order valence-electron chi connectivity index (χ0n) is 13.7. The normalized spacial score (nSPS) is 11.1. The quantitative estimate of drug-likeness (QED) is 0.530. The minimum absolute atomic E-state index is 0.171. The van der Waals surface area contributed by atoms with Gasteiger partial charge in [-0.25, -0.2) is 0 Å². The molecule has 3 aromatic rings. The minimum atomic E-state index is -0.623. The van der Waals surface area contributed by atoms with Gasteiger partial charge in [0.1, 0.15) is 5.69 Å². The number of rotatable bonds is 5. The number of benzene rings is 2. The van der Waals surface area contributed by atoms with Gasteiger partial charge in [0.15, 0.2) is 0 Å². The predicted octanol–water partition coefficient (Wildman–Crippen LogP) is 3.09. The summed E-state index contributed by atoms with van der Waals surface area (Å²) in [5.41, 5.74) is 1.39. The molecule has 0 atom stereocenters. The topological polar surface area (TPSA) is 122 Å². The van der Waals surface area contributed by atoms with Gasteiger partial charge in [-0.1, -0.05) is 24.3 Å². The third kappa shape index (κ3) is 3.55. The standard InChI is InChI=1S/C17H15N5O4/c1-20(15-8-7-14(21(23)24)10-16(15)22(25)26)19-11-13-5-2-4-12-6-3-9-18-17(12)13/h2-11,25-26H,1H3/q-2/b19-11+. The average Bonchev–Trinajstić information content (AvgIpc) is 2.65. The first-order valence-corrected chi connectivity index (χ1v) is 7.55. The fourth-order valence-electron chi connectivity index (χ4n) is 2.50. The van der Waals surface area contributed by atoms with Gasteiger partial charge in [0.05, 0.1) is 17.4 Å². The van der Waals surface area contributed by atoms with Crippen LogP contribution in [-0.4, -0.2) is 28.7 Å². The lowest BCUT2D eigenvalue weighted by atomic mass is 10.1. The Morgan fingerprint density at radius 3 is 2.54 bits per heavy atom. The summed E-state index contributed by atoms with van der Waals surface area (Å²) < 4.78 is 0. The van der Waals surface area contributed by atoms with Gasteiger partial charge in [0, 0.05) is 29.9 Å². The number of hydrogen-bond acceptors (Lipinski definition) is 9. The lowest BCUT2D eigenvalue weighted by Crippen LogP contribution is -2.18. The van der Waals surface area contributed by atoms with E-state index in [1.54, 1.807) is 19.5 Å². The van der Waals surface area contributed by atoms with E-state index < -0.39 is 5.23 Å². The lowest BCUT2D eigenvalue weighted by Gasteiger charge is -2.38. The third-order valence-corrected chi connectivity index (χ3v) is 3.77. The molecule has 2 N–H and O–H groups in total. The Hall–Kier alpha value is -3.24. The van der Waals surface area contributed by atoms with Crippen LogP contribution in [0.4, 0.5) is 17.1 Å². The van der Waals surface area contributed by atoms with Crippen molar-refractivity contribution in [3.8, 4) is 0 Å². The van der Waals surface area contributed by atoms with Crippen molar-refractivity contribution >= 4 is 34.2 Å². The maximum Gasteiger partial charge on any atom is 0.121 e. The molecule has 1 aromatic heterocycles. The van der Waals surface area contributed by atoms with Crippen molar-refractivity contribution in [1.82, 2.24) is 4.98 Å². The van der Waals surface area contributed by atoms with Gasteiger partial charge >= 0.3 is 0 Å². The molecular formula is C17H15N5O4-2. The highest BCUT2D eigenvalue weighted by Gasteiger charge is 2.12. The molecule has 26 heavy (non-hydrogen) atoms. The number of hydrogen-bond donors (Lipinski definition) is 2. The Morgan fingerprint density at radius 2 is 1.81 bits per heavy atom. The summed E-state index contributed by atoms with van der Waals surface area (Å²) in [5.74, 6) is 0. The Morgan fingerprint density at radius 1 is 1.04 bits per heavy atom. The smallest absolute Gasteiger partial charge is 0.121 e. The number of nitrogens with zero attached hydrogens (tertiary/aromatic N) is 5. The van der Waals surface area contributed by atoms with Crippen LogP contribution in [0.5, 0.6) is 0 Å². The molecule has 1 heterocycles. The molecule has 3 rings (SSSR count). The molecule has 0 aliphatic heterocycles. The van der Waals surface area contributed by atoms with Crippen LogP contribution in [0.3, 0.4) is 0 Å². The fourth-order valence-corrected chi connectivity index (χ4v) is 2.50. The van der Waals surface area contributed by atoms with Crippen molar-refractivity contribution in [2.24, 2.45) is 5.10 Å². The first kappa shape index (κ1) is 17.6. The van der Waals surface area contributed by atoms with E-state index in [4.69, 9.17) is 0 Å². The molecule has 0 spiro atoms. The van der Waals surface area contributed by atoms with Crippen LogP contribution >= 0.6 is 0 Å². The number of anilines is 3. The van der Waals surface area contributed by atoms with Crippen LogP contribution in [0.2, 0.25) is 0 Å². The average molecular weight is 353 g/mol. The molecule has 9 heteroatoms. The Labute approximate surface area is 148 Å². The van der Waals surface area contributed by atoms with E-state index in [1.165, 1.54) is 17.1 Å². The van der Waals surface area contributed by atoms with Crippen LogP contribution in [0.15, 0.2) is 59.8 Å². The van der Waals surface area contributed by atoms with Crippen LogP contribution in [0, 0.1) is 10.4 Å². The zero-order chi connectivity index (χ0) is 18.7. The largest absolute Gasteiger partial charge is 0.769 e. The van der Waals surface area contributed by atoms with Gasteiger partial charge < -0.3 is 15.6 Å². The molecule has 0 aliphatic rings. The summed E-state index contributed by atoms with van der Waals surface area (Å²) in [7, 11) is 1.59. The van der Waals surface area contributed by atoms with Gasteiger partial charge in [-0.2, -0.15) is 5.10 Å². The summed E-state index contributed by atoms with van der Waals surface area (Å²) in [6.45, 7) is 0. The van der Waals surface area contributed by atoms with E-state index in [1.807, 2.05) is 30.3 Å². The summed E-state index contributed by atoms with van der Waals surface area (Å²) in [5, 5.41) is 46.3. The van der Waals surface area contributed by atoms with Crippen LogP contribution in [0.1, 0.15) is 5.56 Å². The number of hydrazone groups is 1. The molecule has 0 saturated heterocycles. The molecule has 0 radical (unpaired) electrons. The molecule has 0 fully saturated rings. The predicted molar refractivity (Wildman–Crippen MR) is 99.4 cm³/mol. The summed E-state index contributed by atoms with van der Waals surface area (Å²) >= 11 is 0. The highest BCUT2D eigenvalue weighted by atomic mass is 16.8. The fraction of sp³-hybridized carbons (Fsp3) is 0.0588. The van der Waals surface area contributed by atoms with E-state index in [2.05, 4.69) is 10.1 Å². The van der Waals surface area contributed by atoms with Gasteiger partial charge in [-0.15, -0.1) is 5.23 Å². The van der Waals surface area contributed by atoms with Gasteiger partial charge in [0.2, 0.25) is 0 Å². The molecule has 0 bridgehead atoms. The monoisotopic (exact) mass is 353 g/mol. The molecule has 0 unspecified atom stereocenters. The number of pyridine rings is 1. The van der Waals surface area contributed by atoms with Crippen molar-refractivity contribution in [2.45, 2.75) is 0 Å². The Bertz CT molecular complexity index is 940. The van der Waals surface area contributed by atoms with E-state index >= 15 is 0 Å². The summed E-state index contributed by atoms with van der Waals surface area (Å²) in [6, 6.07) is 13.1. The maximum absolute atomic E-state index is 10.9. The van der Waals surface area contributed by atoms with E-state index in [9.17, 15) is 20.8 Å². The zero-order valence-corrected chi connectivity index (χ0v) is 13.7. The Balaban J connectivity index is 1.94. The maximum atomic E-state index is 10.9. The Kier molecular flexibility index (Phi) is 4.96. The molecule has 134 valence electrons. The first-order chi connectivity index (χ1) is 12.5. The first-order valence-electron chi connectivity index (χ1n) is 7.55.